The molecule has 0 spiro atoms. The number of rotatable bonds is 2. The van der Waals surface area contributed by atoms with Gasteiger partial charge in [0.2, 0.25) is 0 Å². The fourth-order valence-electron chi connectivity index (χ4n) is 0.0943. The van der Waals surface area contributed by atoms with Crippen LogP contribution in [-0.2, 0) is 0 Å². The zero-order valence-corrected chi connectivity index (χ0v) is 4.68. The molecule has 0 aliphatic rings. The van der Waals surface area contributed by atoms with Crippen molar-refractivity contribution in [2.45, 2.75) is 12.3 Å². The van der Waals surface area contributed by atoms with Crippen LogP contribution < -0.4 is 5.73 Å². The summed E-state index contributed by atoms with van der Waals surface area (Å²) in [5, 5.41) is 16.4. The first-order chi connectivity index (χ1) is 3.18. The molecule has 7 heavy (non-hydrogen) atoms. The van der Waals surface area contributed by atoms with Gasteiger partial charge in [-0.15, -0.1) is 0 Å². The summed E-state index contributed by atoms with van der Waals surface area (Å²) in [7, 11) is 0. The van der Waals surface area contributed by atoms with Gasteiger partial charge in [-0.2, -0.15) is 12.6 Å². The fourth-order valence-corrected chi connectivity index (χ4v) is 0.283. The molecule has 0 aromatic rings. The SMILES string of the molecule is N[C@@H](CS)C(O)O. The Morgan fingerprint density at radius 3 is 2.00 bits per heavy atom. The summed E-state index contributed by atoms with van der Waals surface area (Å²) < 4.78 is 0. The van der Waals surface area contributed by atoms with E-state index in [1.54, 1.807) is 0 Å². The lowest BCUT2D eigenvalue weighted by Crippen LogP contribution is -2.35. The number of hydrogen-bond donors (Lipinski definition) is 4. The van der Waals surface area contributed by atoms with E-state index in [-0.39, 0.29) is 5.75 Å². The van der Waals surface area contributed by atoms with E-state index in [0.29, 0.717) is 0 Å². The second-order valence-corrected chi connectivity index (χ2v) is 1.63. The Bertz CT molecular complexity index is 50.2. The minimum Gasteiger partial charge on any atom is -0.367 e. The Hall–Kier alpha value is 0.230. The molecule has 0 saturated carbocycles. The van der Waals surface area contributed by atoms with Gasteiger partial charge in [0.1, 0.15) is 0 Å². The maximum Gasteiger partial charge on any atom is 0.167 e. The monoisotopic (exact) mass is 123 g/mol. The van der Waals surface area contributed by atoms with Crippen LogP contribution in [0.2, 0.25) is 0 Å². The van der Waals surface area contributed by atoms with Crippen LogP contribution in [0.1, 0.15) is 0 Å². The van der Waals surface area contributed by atoms with Crippen molar-refractivity contribution in [2.24, 2.45) is 5.73 Å². The molecule has 0 aromatic carbocycles. The Kier molecular flexibility index (Phi) is 3.37. The van der Waals surface area contributed by atoms with Crippen LogP contribution in [0.25, 0.3) is 0 Å². The Balaban J connectivity index is 3.14. The second-order valence-electron chi connectivity index (χ2n) is 1.26. The van der Waals surface area contributed by atoms with Crippen molar-refractivity contribution >= 4 is 12.6 Å². The quantitative estimate of drug-likeness (QED) is 0.268. The highest BCUT2D eigenvalue weighted by Gasteiger charge is 2.06. The van der Waals surface area contributed by atoms with Crippen LogP contribution in [0.4, 0.5) is 0 Å². The van der Waals surface area contributed by atoms with Gasteiger partial charge in [0.15, 0.2) is 6.29 Å². The predicted octanol–water partition coefficient (Wildman–Crippen LogP) is -1.45. The first kappa shape index (κ1) is 7.23. The summed E-state index contributed by atoms with van der Waals surface area (Å²) in [4.78, 5) is 0. The van der Waals surface area contributed by atoms with Gasteiger partial charge in [-0.3, -0.25) is 0 Å². The summed E-state index contributed by atoms with van der Waals surface area (Å²) in [6.45, 7) is 0. The van der Waals surface area contributed by atoms with Crippen LogP contribution in [0.5, 0.6) is 0 Å². The highest BCUT2D eigenvalue weighted by molar-refractivity contribution is 7.80. The lowest BCUT2D eigenvalue weighted by atomic mass is 10.4. The molecule has 0 heterocycles. The summed E-state index contributed by atoms with van der Waals surface area (Å²) in [5.41, 5.74) is 5.04. The molecule has 0 aliphatic heterocycles. The van der Waals surface area contributed by atoms with Gasteiger partial charge < -0.3 is 15.9 Å². The van der Waals surface area contributed by atoms with Gasteiger partial charge in [0.25, 0.3) is 0 Å². The normalized spacial score (nSPS) is 15.0. The highest BCUT2D eigenvalue weighted by atomic mass is 32.1. The zero-order chi connectivity index (χ0) is 5.86. The molecule has 0 bridgehead atoms. The summed E-state index contributed by atoms with van der Waals surface area (Å²) in [6, 6.07) is -0.622. The molecule has 0 aliphatic carbocycles. The first-order valence-corrected chi connectivity index (χ1v) is 2.54. The molecule has 1 atom stereocenters. The van der Waals surface area contributed by atoms with E-state index in [0.717, 1.165) is 0 Å². The second kappa shape index (κ2) is 3.26. The third kappa shape index (κ3) is 2.87. The Labute approximate surface area is 47.6 Å². The molecular weight excluding hydrogens is 114 g/mol. The number of aliphatic hydroxyl groups is 2. The number of nitrogens with two attached hydrogens (primary N) is 1. The van der Waals surface area contributed by atoms with Crippen molar-refractivity contribution in [1.82, 2.24) is 0 Å². The molecule has 4 N–H and O–H groups in total. The molecule has 3 nitrogen and oxygen atoms in total. The van der Waals surface area contributed by atoms with E-state index in [1.807, 2.05) is 0 Å². The highest BCUT2D eigenvalue weighted by Crippen LogP contribution is 1.85. The third-order valence-corrected chi connectivity index (χ3v) is 1.02. The van der Waals surface area contributed by atoms with Crippen LogP contribution in [0, 0.1) is 0 Å². The maximum absolute atomic E-state index is 8.20. The lowest BCUT2D eigenvalue weighted by Gasteiger charge is -2.08. The largest absolute Gasteiger partial charge is 0.367 e. The van der Waals surface area contributed by atoms with Gasteiger partial charge in [0, 0.05) is 5.75 Å². The van der Waals surface area contributed by atoms with Crippen LogP contribution in [-0.4, -0.2) is 28.3 Å². The smallest absolute Gasteiger partial charge is 0.167 e. The van der Waals surface area contributed by atoms with Gasteiger partial charge in [0.05, 0.1) is 6.04 Å². The number of thiol groups is 1. The average molecular weight is 123 g/mol. The molecule has 44 valence electrons. The summed E-state index contributed by atoms with van der Waals surface area (Å²) in [5.74, 6) is 0.289. The molecule has 0 fully saturated rings. The van der Waals surface area contributed by atoms with Crippen molar-refractivity contribution in [2.75, 3.05) is 5.75 Å². The van der Waals surface area contributed by atoms with Crippen molar-refractivity contribution < 1.29 is 10.2 Å². The minimum atomic E-state index is -1.43. The molecular formula is C3H9NO2S. The Morgan fingerprint density at radius 2 is 2.00 bits per heavy atom. The van der Waals surface area contributed by atoms with Crippen molar-refractivity contribution in [3.05, 3.63) is 0 Å². The van der Waals surface area contributed by atoms with Gasteiger partial charge in [-0.05, 0) is 0 Å². The van der Waals surface area contributed by atoms with E-state index in [2.05, 4.69) is 12.6 Å². The van der Waals surface area contributed by atoms with E-state index >= 15 is 0 Å². The van der Waals surface area contributed by atoms with Crippen molar-refractivity contribution in [3.8, 4) is 0 Å². The Morgan fingerprint density at radius 1 is 1.57 bits per heavy atom. The van der Waals surface area contributed by atoms with Gasteiger partial charge >= 0.3 is 0 Å². The molecule has 4 heteroatoms. The van der Waals surface area contributed by atoms with Crippen LogP contribution in [0.15, 0.2) is 0 Å². The number of hydrogen-bond acceptors (Lipinski definition) is 4. The van der Waals surface area contributed by atoms with E-state index < -0.39 is 12.3 Å². The summed E-state index contributed by atoms with van der Waals surface area (Å²) >= 11 is 3.71. The number of aliphatic hydroxyl groups excluding tert-OH is 1. The van der Waals surface area contributed by atoms with Crippen LogP contribution in [0.3, 0.4) is 0 Å². The van der Waals surface area contributed by atoms with Gasteiger partial charge in [-0.25, -0.2) is 0 Å². The summed E-state index contributed by atoms with van der Waals surface area (Å²) in [6.07, 6.45) is -1.43. The topological polar surface area (TPSA) is 66.5 Å². The molecule has 0 unspecified atom stereocenters. The maximum atomic E-state index is 8.20. The minimum absolute atomic E-state index is 0.289. The lowest BCUT2D eigenvalue weighted by molar-refractivity contribution is -0.0526. The average Bonchev–Trinajstić information content (AvgIpc) is 1.65. The van der Waals surface area contributed by atoms with Gasteiger partial charge in [-0.1, -0.05) is 0 Å². The van der Waals surface area contributed by atoms with Crippen molar-refractivity contribution in [3.63, 3.8) is 0 Å². The predicted molar refractivity (Wildman–Crippen MR) is 30.1 cm³/mol. The standard InChI is InChI=1S/C3H9NO2S/c4-2(1-7)3(5)6/h2-3,5-7H,1,4H2/t2-/m0/s1. The molecule has 0 radical (unpaired) electrons. The first-order valence-electron chi connectivity index (χ1n) is 1.91. The van der Waals surface area contributed by atoms with E-state index in [9.17, 15) is 0 Å². The third-order valence-electron chi connectivity index (χ3n) is 0.594. The fraction of sp³-hybridized carbons (Fsp3) is 1.00. The molecule has 0 saturated heterocycles. The van der Waals surface area contributed by atoms with Crippen LogP contribution >= 0.6 is 12.6 Å². The van der Waals surface area contributed by atoms with E-state index in [4.69, 9.17) is 15.9 Å². The van der Waals surface area contributed by atoms with E-state index in [1.165, 1.54) is 0 Å². The zero-order valence-electron chi connectivity index (χ0n) is 3.78. The molecule has 0 amide bonds. The molecule has 0 aromatic heterocycles. The van der Waals surface area contributed by atoms with Crippen molar-refractivity contribution in [1.29, 1.82) is 0 Å². The molecule has 0 rings (SSSR count).